The van der Waals surface area contributed by atoms with Crippen LogP contribution in [0.3, 0.4) is 0 Å². The lowest BCUT2D eigenvalue weighted by Crippen LogP contribution is -2.45. The predicted octanol–water partition coefficient (Wildman–Crippen LogP) is 1.49. The zero-order valence-corrected chi connectivity index (χ0v) is 13.7. The van der Waals surface area contributed by atoms with E-state index in [9.17, 15) is 14.7 Å². The third-order valence-corrected chi connectivity index (χ3v) is 3.56. The lowest BCUT2D eigenvalue weighted by Gasteiger charge is -2.34. The molecule has 0 aromatic rings. The van der Waals surface area contributed by atoms with E-state index in [0.29, 0.717) is 12.8 Å². The molecule has 21 heavy (non-hydrogen) atoms. The van der Waals surface area contributed by atoms with E-state index in [1.807, 2.05) is 6.92 Å². The second-order valence-corrected chi connectivity index (χ2v) is 6.31. The fourth-order valence-corrected chi connectivity index (χ4v) is 2.17. The summed E-state index contributed by atoms with van der Waals surface area (Å²) in [5, 5.41) is 12.0. The maximum atomic E-state index is 12.3. The van der Waals surface area contributed by atoms with E-state index in [1.165, 1.54) is 0 Å². The zero-order chi connectivity index (χ0) is 16.7. The Morgan fingerprint density at radius 1 is 1.38 bits per heavy atom. The molecule has 0 fully saturated rings. The fourth-order valence-electron chi connectivity index (χ4n) is 2.17. The average molecular weight is 297 g/mol. The van der Waals surface area contributed by atoms with Crippen molar-refractivity contribution in [2.24, 2.45) is 10.8 Å². The minimum absolute atomic E-state index is 0.0701. The van der Waals surface area contributed by atoms with Crippen LogP contribution in [0.5, 0.6) is 0 Å². The van der Waals surface area contributed by atoms with Gasteiger partial charge in [0, 0.05) is 12.0 Å². The summed E-state index contributed by atoms with van der Waals surface area (Å²) in [5.74, 6) is 1.66. The van der Waals surface area contributed by atoms with Gasteiger partial charge in [0.1, 0.15) is 0 Å². The Hall–Kier alpha value is -1.54. The van der Waals surface area contributed by atoms with Gasteiger partial charge in [-0.15, -0.1) is 6.42 Å². The fraction of sp³-hybridized carbons (Fsp3) is 0.750. The average Bonchev–Trinajstić information content (AvgIpc) is 2.41. The number of ether oxygens (including phenoxy) is 1. The van der Waals surface area contributed by atoms with Crippen LogP contribution in [-0.2, 0) is 14.3 Å². The first-order valence-corrected chi connectivity index (χ1v) is 7.16. The van der Waals surface area contributed by atoms with Crippen molar-refractivity contribution in [3.05, 3.63) is 0 Å². The number of aliphatic hydroxyl groups excluding tert-OH is 1. The Morgan fingerprint density at radius 2 is 1.95 bits per heavy atom. The maximum absolute atomic E-state index is 12.3. The normalized spacial score (nSPS) is 15.5. The molecule has 0 aliphatic heterocycles. The molecule has 0 aromatic carbocycles. The number of carbonyl (C=O) groups is 2. The minimum Gasteiger partial charge on any atom is -0.452 e. The molecule has 0 aliphatic carbocycles. The number of amides is 1. The summed E-state index contributed by atoms with van der Waals surface area (Å²) in [5.41, 5.74) is -1.53. The van der Waals surface area contributed by atoms with E-state index in [4.69, 9.17) is 11.2 Å². The number of terminal acetylenes is 1. The van der Waals surface area contributed by atoms with Gasteiger partial charge >= 0.3 is 5.97 Å². The Labute approximate surface area is 127 Å². The van der Waals surface area contributed by atoms with Crippen molar-refractivity contribution in [3.8, 4) is 12.3 Å². The largest absolute Gasteiger partial charge is 0.452 e. The Morgan fingerprint density at radius 3 is 2.38 bits per heavy atom. The summed E-state index contributed by atoms with van der Waals surface area (Å²) in [6.07, 6.45) is 5.38. The quantitative estimate of drug-likeness (QED) is 0.526. The molecule has 0 bridgehead atoms. The van der Waals surface area contributed by atoms with Crippen LogP contribution in [0, 0.1) is 23.2 Å². The van der Waals surface area contributed by atoms with Crippen LogP contribution in [-0.4, -0.2) is 36.2 Å². The number of hydrogen-bond donors (Lipinski definition) is 2. The molecule has 0 aromatic heterocycles. The van der Waals surface area contributed by atoms with Crippen molar-refractivity contribution in [2.75, 3.05) is 13.2 Å². The van der Waals surface area contributed by atoms with Crippen molar-refractivity contribution in [1.29, 1.82) is 0 Å². The lowest BCUT2D eigenvalue weighted by molar-refractivity contribution is -0.155. The van der Waals surface area contributed by atoms with Gasteiger partial charge in [0.2, 0.25) is 5.91 Å². The highest BCUT2D eigenvalue weighted by Gasteiger charge is 2.41. The van der Waals surface area contributed by atoms with Gasteiger partial charge in [-0.05, 0) is 33.6 Å². The summed E-state index contributed by atoms with van der Waals surface area (Å²) in [7, 11) is 0. The van der Waals surface area contributed by atoms with Gasteiger partial charge in [-0.25, -0.2) is 0 Å². The highest BCUT2D eigenvalue weighted by molar-refractivity contribution is 5.84. The molecule has 5 nitrogen and oxygen atoms in total. The first-order chi connectivity index (χ1) is 9.59. The zero-order valence-electron chi connectivity index (χ0n) is 13.7. The van der Waals surface area contributed by atoms with E-state index in [2.05, 4.69) is 11.2 Å². The van der Waals surface area contributed by atoms with Gasteiger partial charge in [-0.2, -0.15) is 0 Å². The molecule has 0 aliphatic rings. The molecule has 120 valence electrons. The molecule has 2 N–H and O–H groups in total. The minimum atomic E-state index is -0.816. The molecule has 2 atom stereocenters. The van der Waals surface area contributed by atoms with E-state index in [1.54, 1.807) is 27.7 Å². The summed E-state index contributed by atoms with van der Waals surface area (Å²) in [6, 6.07) is 0. The van der Waals surface area contributed by atoms with Crippen LogP contribution < -0.4 is 5.32 Å². The number of esters is 1. The van der Waals surface area contributed by atoms with E-state index >= 15 is 0 Å². The highest BCUT2D eigenvalue weighted by atomic mass is 16.5. The number of nitrogens with one attached hydrogen (secondary N) is 1. The standard InChI is InChI=1S/C16H27NO4/c1-7-9-21-14(20)15(4,5)11-16(6,8-2)13(19)17-10-12(3)18/h1,12,18H,8-11H2,2-6H3,(H,17,19). The van der Waals surface area contributed by atoms with Crippen LogP contribution in [0.15, 0.2) is 0 Å². The van der Waals surface area contributed by atoms with Crippen LogP contribution in [0.4, 0.5) is 0 Å². The summed E-state index contributed by atoms with van der Waals surface area (Å²) in [4.78, 5) is 24.3. The predicted molar refractivity (Wildman–Crippen MR) is 81.3 cm³/mol. The summed E-state index contributed by atoms with van der Waals surface area (Å²) in [6.45, 7) is 8.90. The van der Waals surface area contributed by atoms with E-state index in [-0.39, 0.29) is 19.1 Å². The summed E-state index contributed by atoms with van der Waals surface area (Å²) < 4.78 is 4.98. The van der Waals surface area contributed by atoms with Crippen LogP contribution in [0.2, 0.25) is 0 Å². The molecule has 0 saturated heterocycles. The number of aliphatic hydroxyl groups is 1. The van der Waals surface area contributed by atoms with Gasteiger partial charge in [-0.3, -0.25) is 9.59 Å². The molecule has 2 unspecified atom stereocenters. The van der Waals surface area contributed by atoms with Gasteiger partial charge < -0.3 is 15.2 Å². The number of carbonyl (C=O) groups excluding carboxylic acids is 2. The van der Waals surface area contributed by atoms with Crippen molar-refractivity contribution in [3.63, 3.8) is 0 Å². The molecule has 0 rings (SSSR count). The number of hydrogen-bond acceptors (Lipinski definition) is 4. The molecular formula is C16H27NO4. The topological polar surface area (TPSA) is 75.6 Å². The van der Waals surface area contributed by atoms with Gasteiger partial charge in [0.05, 0.1) is 11.5 Å². The third-order valence-electron chi connectivity index (χ3n) is 3.56. The molecule has 1 amide bonds. The summed E-state index contributed by atoms with van der Waals surface area (Å²) >= 11 is 0. The smallest absolute Gasteiger partial charge is 0.312 e. The molecule has 0 heterocycles. The lowest BCUT2D eigenvalue weighted by atomic mass is 9.72. The number of rotatable bonds is 8. The van der Waals surface area contributed by atoms with Gasteiger partial charge in [-0.1, -0.05) is 19.8 Å². The first-order valence-electron chi connectivity index (χ1n) is 7.16. The van der Waals surface area contributed by atoms with Crippen LogP contribution in [0.1, 0.15) is 47.5 Å². The Kier molecular flexibility index (Phi) is 7.45. The van der Waals surface area contributed by atoms with E-state index < -0.39 is 22.9 Å². The third kappa shape index (κ3) is 6.17. The van der Waals surface area contributed by atoms with Crippen molar-refractivity contribution in [1.82, 2.24) is 5.32 Å². The second kappa shape index (κ2) is 8.04. The Bertz CT molecular complexity index is 409. The van der Waals surface area contributed by atoms with Crippen molar-refractivity contribution in [2.45, 2.75) is 53.6 Å². The first kappa shape index (κ1) is 19.5. The Balaban J connectivity index is 4.89. The van der Waals surface area contributed by atoms with E-state index in [0.717, 1.165) is 0 Å². The molecule has 0 radical (unpaired) electrons. The maximum Gasteiger partial charge on any atom is 0.312 e. The van der Waals surface area contributed by atoms with Gasteiger partial charge in [0.25, 0.3) is 0 Å². The van der Waals surface area contributed by atoms with Gasteiger partial charge in [0.15, 0.2) is 6.61 Å². The molecule has 5 heteroatoms. The monoisotopic (exact) mass is 297 g/mol. The van der Waals surface area contributed by atoms with Crippen LogP contribution in [0.25, 0.3) is 0 Å². The molecular weight excluding hydrogens is 270 g/mol. The molecule has 0 spiro atoms. The van der Waals surface area contributed by atoms with Crippen molar-refractivity contribution < 1.29 is 19.4 Å². The van der Waals surface area contributed by atoms with Crippen molar-refractivity contribution >= 4 is 11.9 Å². The SMILES string of the molecule is C#CCOC(=O)C(C)(C)CC(C)(CC)C(=O)NCC(C)O. The highest BCUT2D eigenvalue weighted by Crippen LogP contribution is 2.37. The molecule has 0 saturated carbocycles. The van der Waals surface area contributed by atoms with Crippen LogP contribution >= 0.6 is 0 Å². The second-order valence-electron chi connectivity index (χ2n) is 6.31.